The Morgan fingerprint density at radius 2 is 2.05 bits per heavy atom. The first-order valence-corrected chi connectivity index (χ1v) is 6.62. The summed E-state index contributed by atoms with van der Waals surface area (Å²) in [6.45, 7) is 5.40. The molecule has 0 amide bonds. The fourth-order valence-corrected chi connectivity index (χ4v) is 2.00. The highest BCUT2D eigenvalue weighted by Gasteiger charge is 2.06. The standard InChI is InChI=1S/C16H20N2O/c1-3-6-19-15-8-14(10-18-11-15)16-7-12(2)4-5-13(16)9-17/h4-5,7-8,10-11H,3,6,9,17H2,1-2H3. The first-order valence-electron chi connectivity index (χ1n) is 6.62. The van der Waals surface area contributed by atoms with Crippen LogP contribution in [-0.2, 0) is 6.54 Å². The average molecular weight is 256 g/mol. The van der Waals surface area contributed by atoms with Crippen LogP contribution >= 0.6 is 0 Å². The molecule has 3 nitrogen and oxygen atoms in total. The molecule has 0 radical (unpaired) electrons. The quantitative estimate of drug-likeness (QED) is 0.892. The smallest absolute Gasteiger partial charge is 0.138 e. The van der Waals surface area contributed by atoms with Gasteiger partial charge in [-0.05, 0) is 30.5 Å². The zero-order chi connectivity index (χ0) is 13.7. The maximum absolute atomic E-state index is 5.80. The van der Waals surface area contributed by atoms with E-state index in [1.165, 1.54) is 5.56 Å². The van der Waals surface area contributed by atoms with E-state index in [1.807, 2.05) is 12.3 Å². The van der Waals surface area contributed by atoms with Crippen LogP contribution in [0, 0.1) is 6.92 Å². The molecule has 19 heavy (non-hydrogen) atoms. The van der Waals surface area contributed by atoms with Crippen molar-refractivity contribution in [1.29, 1.82) is 0 Å². The highest BCUT2D eigenvalue weighted by molar-refractivity contribution is 5.68. The Kier molecular flexibility index (Phi) is 4.53. The third-order valence-corrected chi connectivity index (χ3v) is 2.98. The second-order valence-electron chi connectivity index (χ2n) is 4.62. The zero-order valence-electron chi connectivity index (χ0n) is 11.5. The molecule has 1 aromatic carbocycles. The van der Waals surface area contributed by atoms with Gasteiger partial charge in [-0.15, -0.1) is 0 Å². The number of nitrogens with two attached hydrogens (primary N) is 1. The molecule has 2 N–H and O–H groups in total. The topological polar surface area (TPSA) is 48.1 Å². The van der Waals surface area contributed by atoms with E-state index in [-0.39, 0.29) is 0 Å². The van der Waals surface area contributed by atoms with Gasteiger partial charge in [0.05, 0.1) is 12.8 Å². The van der Waals surface area contributed by atoms with E-state index in [9.17, 15) is 0 Å². The third-order valence-electron chi connectivity index (χ3n) is 2.98. The molecule has 0 atom stereocenters. The van der Waals surface area contributed by atoms with Crippen LogP contribution in [0.3, 0.4) is 0 Å². The minimum Gasteiger partial charge on any atom is -0.492 e. The second-order valence-corrected chi connectivity index (χ2v) is 4.62. The van der Waals surface area contributed by atoms with Crippen LogP contribution in [0.2, 0.25) is 0 Å². The lowest BCUT2D eigenvalue weighted by atomic mass is 9.99. The summed E-state index contributed by atoms with van der Waals surface area (Å²) in [6.07, 6.45) is 4.59. The molecule has 2 rings (SSSR count). The van der Waals surface area contributed by atoms with Crippen LogP contribution in [0.4, 0.5) is 0 Å². The first kappa shape index (κ1) is 13.6. The van der Waals surface area contributed by atoms with Gasteiger partial charge in [-0.25, -0.2) is 0 Å². The Morgan fingerprint density at radius 1 is 1.21 bits per heavy atom. The molecule has 3 heteroatoms. The lowest BCUT2D eigenvalue weighted by Crippen LogP contribution is -2.00. The number of hydrogen-bond acceptors (Lipinski definition) is 3. The number of hydrogen-bond donors (Lipinski definition) is 1. The van der Waals surface area contributed by atoms with Crippen molar-refractivity contribution >= 4 is 0 Å². The Hall–Kier alpha value is -1.87. The van der Waals surface area contributed by atoms with Gasteiger partial charge in [0.2, 0.25) is 0 Å². The summed E-state index contributed by atoms with van der Waals surface area (Å²) in [6, 6.07) is 8.32. The van der Waals surface area contributed by atoms with E-state index < -0.39 is 0 Å². The van der Waals surface area contributed by atoms with Gasteiger partial charge in [0.25, 0.3) is 0 Å². The molecule has 2 aromatic rings. The van der Waals surface area contributed by atoms with Gasteiger partial charge in [-0.3, -0.25) is 4.98 Å². The summed E-state index contributed by atoms with van der Waals surface area (Å²) >= 11 is 0. The molecule has 0 saturated heterocycles. The van der Waals surface area contributed by atoms with E-state index in [0.717, 1.165) is 28.9 Å². The maximum Gasteiger partial charge on any atom is 0.138 e. The second kappa shape index (κ2) is 6.34. The van der Waals surface area contributed by atoms with Crippen molar-refractivity contribution in [3.8, 4) is 16.9 Å². The summed E-state index contributed by atoms with van der Waals surface area (Å²) in [4.78, 5) is 4.25. The molecule has 1 heterocycles. The van der Waals surface area contributed by atoms with Crippen LogP contribution in [-0.4, -0.2) is 11.6 Å². The minimum atomic E-state index is 0.523. The maximum atomic E-state index is 5.80. The van der Waals surface area contributed by atoms with Crippen LogP contribution in [0.25, 0.3) is 11.1 Å². The summed E-state index contributed by atoms with van der Waals surface area (Å²) in [5.74, 6) is 0.809. The molecular formula is C16H20N2O. The van der Waals surface area contributed by atoms with Crippen molar-refractivity contribution in [2.24, 2.45) is 5.73 Å². The van der Waals surface area contributed by atoms with Crippen LogP contribution in [0.15, 0.2) is 36.7 Å². The van der Waals surface area contributed by atoms with Crippen molar-refractivity contribution < 1.29 is 4.74 Å². The molecule has 0 saturated carbocycles. The van der Waals surface area contributed by atoms with E-state index in [1.54, 1.807) is 6.20 Å². The highest BCUT2D eigenvalue weighted by atomic mass is 16.5. The SMILES string of the molecule is CCCOc1cncc(-c2cc(C)ccc2CN)c1. The molecule has 0 unspecified atom stereocenters. The number of aryl methyl sites for hydroxylation is 1. The minimum absolute atomic E-state index is 0.523. The monoisotopic (exact) mass is 256 g/mol. The van der Waals surface area contributed by atoms with Crippen LogP contribution < -0.4 is 10.5 Å². The molecule has 0 aliphatic heterocycles. The average Bonchev–Trinajstić information content (AvgIpc) is 2.45. The lowest BCUT2D eigenvalue weighted by Gasteiger charge is -2.11. The van der Waals surface area contributed by atoms with Crippen LogP contribution in [0.5, 0.6) is 5.75 Å². The molecule has 0 aliphatic rings. The largest absolute Gasteiger partial charge is 0.492 e. The molecule has 0 spiro atoms. The van der Waals surface area contributed by atoms with Crippen molar-refractivity contribution in [1.82, 2.24) is 4.98 Å². The van der Waals surface area contributed by atoms with Crippen molar-refractivity contribution in [3.63, 3.8) is 0 Å². The van der Waals surface area contributed by atoms with Gasteiger partial charge in [0, 0.05) is 18.3 Å². The first-order chi connectivity index (χ1) is 9.24. The number of nitrogens with zero attached hydrogens (tertiary/aromatic N) is 1. The predicted octanol–water partition coefficient (Wildman–Crippen LogP) is 3.30. The van der Waals surface area contributed by atoms with E-state index in [0.29, 0.717) is 13.2 Å². The Labute approximate surface area is 114 Å². The number of pyridine rings is 1. The van der Waals surface area contributed by atoms with Gasteiger partial charge >= 0.3 is 0 Å². The van der Waals surface area contributed by atoms with Crippen molar-refractivity contribution in [2.45, 2.75) is 26.8 Å². The van der Waals surface area contributed by atoms with Crippen molar-refractivity contribution in [2.75, 3.05) is 6.61 Å². The Bertz CT molecular complexity index is 552. The van der Waals surface area contributed by atoms with E-state index in [2.05, 4.69) is 37.0 Å². The molecule has 0 fully saturated rings. The summed E-state index contributed by atoms with van der Waals surface area (Å²) in [5, 5.41) is 0. The zero-order valence-corrected chi connectivity index (χ0v) is 11.5. The molecule has 0 aliphatic carbocycles. The third kappa shape index (κ3) is 3.32. The van der Waals surface area contributed by atoms with Gasteiger partial charge in [0.15, 0.2) is 0 Å². The van der Waals surface area contributed by atoms with Crippen LogP contribution in [0.1, 0.15) is 24.5 Å². The number of benzene rings is 1. The normalized spacial score (nSPS) is 10.5. The summed E-state index contributed by atoms with van der Waals surface area (Å²) < 4.78 is 5.63. The molecule has 0 bridgehead atoms. The van der Waals surface area contributed by atoms with Gasteiger partial charge in [-0.2, -0.15) is 0 Å². The van der Waals surface area contributed by atoms with Gasteiger partial charge in [0.1, 0.15) is 5.75 Å². The number of rotatable bonds is 5. The summed E-state index contributed by atoms with van der Waals surface area (Å²) in [7, 11) is 0. The lowest BCUT2D eigenvalue weighted by molar-refractivity contribution is 0.316. The number of aromatic nitrogens is 1. The van der Waals surface area contributed by atoms with Gasteiger partial charge in [-0.1, -0.05) is 30.7 Å². The Balaban J connectivity index is 2.38. The molecular weight excluding hydrogens is 236 g/mol. The Morgan fingerprint density at radius 3 is 2.79 bits per heavy atom. The predicted molar refractivity (Wildman–Crippen MR) is 78.1 cm³/mol. The van der Waals surface area contributed by atoms with E-state index in [4.69, 9.17) is 10.5 Å². The molecule has 1 aromatic heterocycles. The highest BCUT2D eigenvalue weighted by Crippen LogP contribution is 2.27. The number of ether oxygens (including phenoxy) is 1. The fourth-order valence-electron chi connectivity index (χ4n) is 2.00. The summed E-state index contributed by atoms with van der Waals surface area (Å²) in [5.41, 5.74) is 10.3. The van der Waals surface area contributed by atoms with Gasteiger partial charge < -0.3 is 10.5 Å². The van der Waals surface area contributed by atoms with Crippen molar-refractivity contribution in [3.05, 3.63) is 47.8 Å². The molecule has 100 valence electrons. The van der Waals surface area contributed by atoms with E-state index >= 15 is 0 Å². The fraction of sp³-hybridized carbons (Fsp3) is 0.312.